The Hall–Kier alpha value is 0.630. The molecule has 74 valence electrons. The highest BCUT2D eigenvalue weighted by Gasteiger charge is 2.65. The SMILES string of the molecule is CC12CCC(CC1=O)C2(CBr)CBr. The average Bonchev–Trinajstić information content (AvgIpc) is 2.51. The first kappa shape index (κ1) is 10.2. The summed E-state index contributed by atoms with van der Waals surface area (Å²) in [6.07, 6.45) is 3.14. The summed E-state index contributed by atoms with van der Waals surface area (Å²) in [7, 11) is 0. The van der Waals surface area contributed by atoms with Crippen molar-refractivity contribution in [2.75, 3.05) is 10.7 Å². The first-order chi connectivity index (χ1) is 6.10. The van der Waals surface area contributed by atoms with Crippen LogP contribution in [0.4, 0.5) is 0 Å². The van der Waals surface area contributed by atoms with E-state index >= 15 is 0 Å². The number of hydrogen-bond donors (Lipinski definition) is 0. The third-order valence-electron chi connectivity index (χ3n) is 4.40. The van der Waals surface area contributed by atoms with E-state index in [1.54, 1.807) is 0 Å². The molecule has 0 heterocycles. The monoisotopic (exact) mass is 308 g/mol. The van der Waals surface area contributed by atoms with Gasteiger partial charge in [-0.05, 0) is 18.8 Å². The highest BCUT2D eigenvalue weighted by Crippen LogP contribution is 2.65. The molecule has 2 rings (SSSR count). The molecule has 0 spiro atoms. The molecule has 13 heavy (non-hydrogen) atoms. The van der Waals surface area contributed by atoms with Gasteiger partial charge >= 0.3 is 0 Å². The smallest absolute Gasteiger partial charge is 0.139 e. The van der Waals surface area contributed by atoms with Crippen LogP contribution in [0.3, 0.4) is 0 Å². The summed E-state index contributed by atoms with van der Waals surface area (Å²) in [5.41, 5.74) is 0.148. The predicted molar refractivity (Wildman–Crippen MR) is 60.5 cm³/mol. The van der Waals surface area contributed by atoms with Gasteiger partial charge in [0.2, 0.25) is 0 Å². The lowest BCUT2D eigenvalue weighted by atomic mass is 9.70. The second-order valence-electron chi connectivity index (χ2n) is 4.62. The second-order valence-corrected chi connectivity index (χ2v) is 5.74. The van der Waals surface area contributed by atoms with Crippen LogP contribution in [0.2, 0.25) is 0 Å². The molecule has 2 aliphatic rings. The van der Waals surface area contributed by atoms with Gasteiger partial charge in [-0.3, -0.25) is 4.79 Å². The number of ketones is 1. The van der Waals surface area contributed by atoms with Gasteiger partial charge in [0, 0.05) is 27.9 Å². The molecule has 0 aromatic heterocycles. The zero-order valence-corrected chi connectivity index (χ0v) is 10.9. The molecule has 0 N–H and O–H groups in total. The summed E-state index contributed by atoms with van der Waals surface area (Å²) in [5.74, 6) is 1.10. The molecule has 1 nitrogen and oxygen atoms in total. The van der Waals surface area contributed by atoms with Crippen LogP contribution in [-0.2, 0) is 4.79 Å². The van der Waals surface area contributed by atoms with Crippen molar-refractivity contribution in [2.24, 2.45) is 16.7 Å². The van der Waals surface area contributed by atoms with Crippen molar-refractivity contribution in [3.8, 4) is 0 Å². The van der Waals surface area contributed by atoms with Gasteiger partial charge in [-0.2, -0.15) is 0 Å². The van der Waals surface area contributed by atoms with Gasteiger partial charge in [0.05, 0.1) is 0 Å². The van der Waals surface area contributed by atoms with Crippen molar-refractivity contribution in [1.29, 1.82) is 0 Å². The lowest BCUT2D eigenvalue weighted by molar-refractivity contribution is -0.128. The molecular weight excluding hydrogens is 296 g/mol. The number of carbonyl (C=O) groups is 1. The van der Waals surface area contributed by atoms with E-state index in [0.717, 1.165) is 23.5 Å². The van der Waals surface area contributed by atoms with Crippen molar-refractivity contribution >= 4 is 37.6 Å². The highest BCUT2D eigenvalue weighted by molar-refractivity contribution is 9.09. The Labute approximate surface area is 95.9 Å². The zero-order valence-electron chi connectivity index (χ0n) is 7.78. The van der Waals surface area contributed by atoms with Crippen LogP contribution >= 0.6 is 31.9 Å². The van der Waals surface area contributed by atoms with E-state index < -0.39 is 0 Å². The minimum atomic E-state index is -0.0509. The maximum atomic E-state index is 11.8. The third kappa shape index (κ3) is 1.01. The Bertz CT molecular complexity index is 247. The third-order valence-corrected chi connectivity index (χ3v) is 6.40. The van der Waals surface area contributed by atoms with Gasteiger partial charge in [-0.1, -0.05) is 38.8 Å². The van der Waals surface area contributed by atoms with Crippen molar-refractivity contribution < 1.29 is 4.79 Å². The minimum Gasteiger partial charge on any atom is -0.299 e. The fourth-order valence-corrected chi connectivity index (χ4v) is 6.23. The van der Waals surface area contributed by atoms with Crippen molar-refractivity contribution in [2.45, 2.75) is 26.2 Å². The fourth-order valence-electron chi connectivity index (χ4n) is 3.15. The summed E-state index contributed by atoms with van der Waals surface area (Å²) in [4.78, 5) is 11.8. The van der Waals surface area contributed by atoms with Gasteiger partial charge in [0.15, 0.2) is 0 Å². The average molecular weight is 310 g/mol. The first-order valence-corrected chi connectivity index (χ1v) is 7.00. The summed E-state index contributed by atoms with van der Waals surface area (Å²) < 4.78 is 0. The van der Waals surface area contributed by atoms with E-state index in [2.05, 4.69) is 38.8 Å². The van der Waals surface area contributed by atoms with Gasteiger partial charge < -0.3 is 0 Å². The molecule has 2 bridgehead atoms. The number of fused-ring (bicyclic) bond motifs is 2. The normalized spacial score (nSPS) is 41.5. The molecule has 0 radical (unpaired) electrons. The zero-order chi connectivity index (χ0) is 9.69. The Morgan fingerprint density at radius 1 is 1.46 bits per heavy atom. The summed E-state index contributed by atoms with van der Waals surface area (Å²) >= 11 is 7.19. The van der Waals surface area contributed by atoms with E-state index in [1.165, 1.54) is 6.42 Å². The molecule has 0 aliphatic heterocycles. The Morgan fingerprint density at radius 3 is 2.31 bits per heavy atom. The second kappa shape index (κ2) is 3.06. The van der Waals surface area contributed by atoms with Gasteiger partial charge in [0.1, 0.15) is 5.78 Å². The largest absolute Gasteiger partial charge is 0.299 e. The van der Waals surface area contributed by atoms with E-state index in [4.69, 9.17) is 0 Å². The van der Waals surface area contributed by atoms with Gasteiger partial charge in [0.25, 0.3) is 0 Å². The van der Waals surface area contributed by atoms with Gasteiger partial charge in [-0.15, -0.1) is 0 Å². The van der Waals surface area contributed by atoms with E-state index in [9.17, 15) is 4.79 Å². The molecule has 2 atom stereocenters. The summed E-state index contributed by atoms with van der Waals surface area (Å²) in [6.45, 7) is 2.16. The number of hydrogen-bond acceptors (Lipinski definition) is 1. The molecule has 0 aromatic carbocycles. The van der Waals surface area contributed by atoms with E-state index in [1.807, 2.05) is 0 Å². The van der Waals surface area contributed by atoms with E-state index in [0.29, 0.717) is 11.7 Å². The molecule has 3 heteroatoms. The van der Waals surface area contributed by atoms with Crippen molar-refractivity contribution in [3.05, 3.63) is 0 Å². The topological polar surface area (TPSA) is 17.1 Å². The maximum absolute atomic E-state index is 11.8. The van der Waals surface area contributed by atoms with Crippen molar-refractivity contribution in [3.63, 3.8) is 0 Å². The van der Waals surface area contributed by atoms with E-state index in [-0.39, 0.29) is 10.8 Å². The van der Waals surface area contributed by atoms with Crippen LogP contribution in [-0.4, -0.2) is 16.4 Å². The number of halogens is 2. The number of carbonyl (C=O) groups excluding carboxylic acids is 1. The number of alkyl halides is 2. The Morgan fingerprint density at radius 2 is 2.08 bits per heavy atom. The lowest BCUT2D eigenvalue weighted by Crippen LogP contribution is -2.40. The number of Topliss-reactive ketones (excluding diaryl/α,β-unsaturated/α-hetero) is 1. The summed E-state index contributed by atoms with van der Waals surface area (Å²) in [5, 5.41) is 1.91. The standard InChI is InChI=1S/C10H14Br2O/c1-9-3-2-7(4-8(9)13)10(9,5-11)6-12/h7H,2-6H2,1H3. The van der Waals surface area contributed by atoms with Crippen LogP contribution in [0.25, 0.3) is 0 Å². The van der Waals surface area contributed by atoms with Crippen LogP contribution < -0.4 is 0 Å². The Balaban J connectivity index is 2.45. The molecule has 0 amide bonds. The quantitative estimate of drug-likeness (QED) is 0.716. The lowest BCUT2D eigenvalue weighted by Gasteiger charge is -2.37. The first-order valence-electron chi connectivity index (χ1n) is 4.76. The van der Waals surface area contributed by atoms with Crippen LogP contribution in [0.5, 0.6) is 0 Å². The molecular formula is C10H14Br2O. The maximum Gasteiger partial charge on any atom is 0.139 e. The van der Waals surface area contributed by atoms with Crippen LogP contribution in [0, 0.1) is 16.7 Å². The molecule has 0 saturated heterocycles. The van der Waals surface area contributed by atoms with Crippen LogP contribution in [0.15, 0.2) is 0 Å². The predicted octanol–water partition coefficient (Wildman–Crippen LogP) is 3.15. The molecule has 0 aromatic rings. The minimum absolute atomic E-state index is 0.0509. The molecule has 2 fully saturated rings. The van der Waals surface area contributed by atoms with Crippen LogP contribution in [0.1, 0.15) is 26.2 Å². The summed E-state index contributed by atoms with van der Waals surface area (Å²) in [6, 6.07) is 0. The number of rotatable bonds is 2. The van der Waals surface area contributed by atoms with Crippen molar-refractivity contribution in [1.82, 2.24) is 0 Å². The Kier molecular flexibility index (Phi) is 2.39. The highest BCUT2D eigenvalue weighted by atomic mass is 79.9. The van der Waals surface area contributed by atoms with Gasteiger partial charge in [-0.25, -0.2) is 0 Å². The molecule has 2 unspecified atom stereocenters. The molecule has 2 saturated carbocycles. The molecule has 2 aliphatic carbocycles. The fraction of sp³-hybridized carbons (Fsp3) is 0.900.